The summed E-state index contributed by atoms with van der Waals surface area (Å²) in [6.07, 6.45) is 4.08. The molecular weight excluding hydrogens is 388 g/mol. The molecule has 1 fully saturated rings. The van der Waals surface area contributed by atoms with Gasteiger partial charge in [0, 0.05) is 19.4 Å². The smallest absolute Gasteiger partial charge is 0.322 e. The fourth-order valence-corrected chi connectivity index (χ4v) is 4.14. The lowest BCUT2D eigenvalue weighted by Gasteiger charge is -2.24. The van der Waals surface area contributed by atoms with Crippen LogP contribution in [0.3, 0.4) is 0 Å². The van der Waals surface area contributed by atoms with Crippen LogP contribution in [-0.2, 0) is 14.6 Å². The molecular formula is C22H24N2O4S. The van der Waals surface area contributed by atoms with Gasteiger partial charge in [0.1, 0.15) is 0 Å². The number of urea groups is 1. The molecule has 7 heteroatoms. The van der Waals surface area contributed by atoms with Crippen molar-refractivity contribution >= 4 is 27.9 Å². The summed E-state index contributed by atoms with van der Waals surface area (Å²) in [4.78, 5) is 28.8. The molecule has 0 N–H and O–H groups in total. The van der Waals surface area contributed by atoms with E-state index in [2.05, 4.69) is 0 Å². The summed E-state index contributed by atoms with van der Waals surface area (Å²) in [6, 6.07) is 13.1. The molecule has 3 rings (SSSR count). The predicted octanol–water partition coefficient (Wildman–Crippen LogP) is 3.44. The van der Waals surface area contributed by atoms with Crippen LogP contribution >= 0.6 is 0 Å². The summed E-state index contributed by atoms with van der Waals surface area (Å²) in [5.74, 6) is -0.411. The number of amides is 3. The summed E-state index contributed by atoms with van der Waals surface area (Å²) < 4.78 is 23.1. The predicted molar refractivity (Wildman–Crippen MR) is 112 cm³/mol. The highest BCUT2D eigenvalue weighted by molar-refractivity contribution is 7.90. The first-order valence-electron chi connectivity index (χ1n) is 9.25. The van der Waals surface area contributed by atoms with Gasteiger partial charge in [-0.3, -0.25) is 9.69 Å². The van der Waals surface area contributed by atoms with Crippen LogP contribution in [0.15, 0.2) is 59.5 Å². The number of benzene rings is 2. The molecule has 152 valence electrons. The summed E-state index contributed by atoms with van der Waals surface area (Å²) in [7, 11) is -1.58. The fourth-order valence-electron chi connectivity index (χ4n) is 3.51. The van der Waals surface area contributed by atoms with E-state index in [0.717, 1.165) is 17.4 Å². The van der Waals surface area contributed by atoms with Crippen LogP contribution in [0.1, 0.15) is 29.7 Å². The van der Waals surface area contributed by atoms with E-state index in [4.69, 9.17) is 0 Å². The third-order valence-corrected chi connectivity index (χ3v) is 6.45. The van der Waals surface area contributed by atoms with E-state index in [1.807, 2.05) is 38.1 Å². The van der Waals surface area contributed by atoms with E-state index in [-0.39, 0.29) is 23.0 Å². The summed E-state index contributed by atoms with van der Waals surface area (Å²) in [6.45, 7) is 3.89. The lowest BCUT2D eigenvalue weighted by atomic mass is 9.96. The third-order valence-electron chi connectivity index (χ3n) is 5.32. The second-order valence-corrected chi connectivity index (χ2v) is 9.33. The minimum Gasteiger partial charge on any atom is -0.322 e. The Balaban J connectivity index is 1.89. The zero-order valence-electron chi connectivity index (χ0n) is 16.9. The largest absolute Gasteiger partial charge is 0.327 e. The van der Waals surface area contributed by atoms with Crippen LogP contribution in [-0.4, -0.2) is 49.5 Å². The van der Waals surface area contributed by atoms with Crippen molar-refractivity contribution in [3.63, 3.8) is 0 Å². The Kier molecular flexibility index (Phi) is 5.61. The molecule has 0 saturated carbocycles. The number of likely N-dealkylation sites (N-methyl/N-ethyl adjacent to an activating group) is 1. The number of carbonyl (C=O) groups is 2. The van der Waals surface area contributed by atoms with Crippen LogP contribution in [0.4, 0.5) is 4.79 Å². The normalized spacial score (nSPS) is 19.9. The first-order valence-corrected chi connectivity index (χ1v) is 11.1. The van der Waals surface area contributed by atoms with Gasteiger partial charge >= 0.3 is 6.03 Å². The Morgan fingerprint density at radius 3 is 2.28 bits per heavy atom. The Morgan fingerprint density at radius 1 is 1.07 bits per heavy atom. The molecule has 0 bridgehead atoms. The maximum absolute atomic E-state index is 12.9. The first kappa shape index (κ1) is 20.8. The molecule has 1 heterocycles. The zero-order valence-corrected chi connectivity index (χ0v) is 17.7. The van der Waals surface area contributed by atoms with E-state index >= 15 is 0 Å². The topological polar surface area (TPSA) is 74.8 Å². The molecule has 1 aliphatic heterocycles. The molecule has 2 atom stereocenters. The average molecular weight is 413 g/mol. The van der Waals surface area contributed by atoms with Crippen molar-refractivity contribution in [1.29, 1.82) is 0 Å². The number of imide groups is 1. The van der Waals surface area contributed by atoms with E-state index in [0.29, 0.717) is 5.56 Å². The SMILES string of the molecule is Cc1ccccc1C1C(C)N(C)C(=O)N1C(=O)/C=C/c1ccc(S(C)(=O)=O)cc1. The number of aryl methyl sites for hydroxylation is 1. The van der Waals surface area contributed by atoms with Crippen LogP contribution < -0.4 is 0 Å². The van der Waals surface area contributed by atoms with Gasteiger partial charge in [-0.05, 0) is 48.7 Å². The lowest BCUT2D eigenvalue weighted by Crippen LogP contribution is -2.35. The number of hydrogen-bond donors (Lipinski definition) is 0. The van der Waals surface area contributed by atoms with Crippen molar-refractivity contribution in [2.24, 2.45) is 0 Å². The molecule has 2 aromatic carbocycles. The third kappa shape index (κ3) is 4.10. The summed E-state index contributed by atoms with van der Waals surface area (Å²) in [5.41, 5.74) is 2.63. The van der Waals surface area contributed by atoms with Crippen molar-refractivity contribution in [3.8, 4) is 0 Å². The monoisotopic (exact) mass is 412 g/mol. The molecule has 2 unspecified atom stereocenters. The van der Waals surface area contributed by atoms with Crippen LogP contribution in [0.25, 0.3) is 6.08 Å². The number of hydrogen-bond acceptors (Lipinski definition) is 4. The van der Waals surface area contributed by atoms with E-state index in [9.17, 15) is 18.0 Å². The lowest BCUT2D eigenvalue weighted by molar-refractivity contribution is -0.124. The van der Waals surface area contributed by atoms with Crippen LogP contribution in [0.2, 0.25) is 0 Å². The Labute approximate surface area is 171 Å². The molecule has 2 aromatic rings. The fraction of sp³-hybridized carbons (Fsp3) is 0.273. The molecule has 6 nitrogen and oxygen atoms in total. The Morgan fingerprint density at radius 2 is 1.69 bits per heavy atom. The van der Waals surface area contributed by atoms with Crippen LogP contribution in [0.5, 0.6) is 0 Å². The van der Waals surface area contributed by atoms with Crippen molar-refractivity contribution in [2.45, 2.75) is 30.8 Å². The van der Waals surface area contributed by atoms with Gasteiger partial charge in [0.05, 0.1) is 17.0 Å². The molecule has 1 aliphatic rings. The highest BCUT2D eigenvalue weighted by atomic mass is 32.2. The van der Waals surface area contributed by atoms with E-state index < -0.39 is 15.7 Å². The average Bonchev–Trinajstić information content (AvgIpc) is 2.90. The minimum atomic E-state index is -3.27. The van der Waals surface area contributed by atoms with Crippen molar-refractivity contribution in [2.75, 3.05) is 13.3 Å². The summed E-state index contributed by atoms with van der Waals surface area (Å²) in [5, 5.41) is 0. The standard InChI is InChI=1S/C22H24N2O4S/c1-15-7-5-6-8-19(15)21-16(2)23(3)22(26)24(21)20(25)14-11-17-9-12-18(13-10-17)29(4,27)28/h5-14,16,21H,1-4H3/b14-11+. The van der Waals surface area contributed by atoms with Gasteiger partial charge in [-0.2, -0.15) is 0 Å². The van der Waals surface area contributed by atoms with Crippen LogP contribution in [0, 0.1) is 6.92 Å². The van der Waals surface area contributed by atoms with Gasteiger partial charge in [0.25, 0.3) is 5.91 Å². The molecule has 0 spiro atoms. The second kappa shape index (κ2) is 7.83. The maximum atomic E-state index is 12.9. The van der Waals surface area contributed by atoms with Crippen molar-refractivity contribution in [3.05, 3.63) is 71.3 Å². The highest BCUT2D eigenvalue weighted by Crippen LogP contribution is 2.36. The first-order chi connectivity index (χ1) is 13.6. The number of rotatable bonds is 4. The van der Waals surface area contributed by atoms with Gasteiger partial charge in [-0.15, -0.1) is 0 Å². The molecule has 3 amide bonds. The van der Waals surface area contributed by atoms with E-state index in [1.54, 1.807) is 30.2 Å². The quantitative estimate of drug-likeness (QED) is 0.721. The highest BCUT2D eigenvalue weighted by Gasteiger charge is 2.45. The summed E-state index contributed by atoms with van der Waals surface area (Å²) >= 11 is 0. The Hall–Kier alpha value is -2.93. The molecule has 1 saturated heterocycles. The number of carbonyl (C=O) groups excluding carboxylic acids is 2. The molecule has 0 radical (unpaired) electrons. The van der Waals surface area contributed by atoms with Gasteiger partial charge in [0.15, 0.2) is 9.84 Å². The van der Waals surface area contributed by atoms with Crippen molar-refractivity contribution < 1.29 is 18.0 Å². The zero-order chi connectivity index (χ0) is 21.3. The Bertz CT molecular complexity index is 1070. The second-order valence-electron chi connectivity index (χ2n) is 7.32. The van der Waals surface area contributed by atoms with Gasteiger partial charge in [-0.1, -0.05) is 36.4 Å². The maximum Gasteiger partial charge on any atom is 0.327 e. The van der Waals surface area contributed by atoms with Crippen molar-refractivity contribution in [1.82, 2.24) is 9.80 Å². The van der Waals surface area contributed by atoms with Gasteiger partial charge in [0.2, 0.25) is 0 Å². The minimum absolute atomic E-state index is 0.157. The van der Waals surface area contributed by atoms with Gasteiger partial charge < -0.3 is 4.90 Å². The molecule has 0 aromatic heterocycles. The molecule has 0 aliphatic carbocycles. The number of sulfone groups is 1. The molecule has 29 heavy (non-hydrogen) atoms. The number of nitrogens with zero attached hydrogens (tertiary/aromatic N) is 2. The van der Waals surface area contributed by atoms with Gasteiger partial charge in [-0.25, -0.2) is 13.2 Å². The van der Waals surface area contributed by atoms with E-state index in [1.165, 1.54) is 23.1 Å².